The number of rotatable bonds is 7. The van der Waals surface area contributed by atoms with Crippen LogP contribution in [0, 0.1) is 0 Å². The molecule has 0 aliphatic heterocycles. The Morgan fingerprint density at radius 1 is 0.625 bits per heavy atom. The molecule has 16 heteroatoms. The number of hydrogen-bond donors (Lipinski definition) is 0. The minimum absolute atomic E-state index is 1.13. The minimum atomic E-state index is -7.99. The van der Waals surface area contributed by atoms with Crippen molar-refractivity contribution in [3.8, 4) is 0 Å². The van der Waals surface area contributed by atoms with Gasteiger partial charge in [0, 0.05) is 11.6 Å². The SMILES string of the molecule is O=S(CCCl)C(F)(F)C(F)(F)C(F)(F)C(F)(F)C(F)(F)C(F)(F)F. The summed E-state index contributed by atoms with van der Waals surface area (Å²) >= 11 is 4.71. The van der Waals surface area contributed by atoms with Crippen LogP contribution in [0.2, 0.25) is 0 Å². The van der Waals surface area contributed by atoms with Crippen LogP contribution >= 0.6 is 11.6 Å². The Morgan fingerprint density at radius 3 is 1.25 bits per heavy atom. The second-order valence-electron chi connectivity index (χ2n) is 4.05. The van der Waals surface area contributed by atoms with Gasteiger partial charge in [-0.3, -0.25) is 4.21 Å². The van der Waals surface area contributed by atoms with Gasteiger partial charge in [-0.15, -0.1) is 11.6 Å². The smallest absolute Gasteiger partial charge is 0.253 e. The largest absolute Gasteiger partial charge is 0.460 e. The van der Waals surface area contributed by atoms with E-state index in [2.05, 4.69) is 0 Å². The Kier molecular flexibility index (Phi) is 6.23. The van der Waals surface area contributed by atoms with Crippen molar-refractivity contribution >= 4 is 22.4 Å². The Hall–Kier alpha value is -0.470. The van der Waals surface area contributed by atoms with Crippen molar-refractivity contribution in [3.63, 3.8) is 0 Å². The molecule has 0 radical (unpaired) electrons. The number of hydrogen-bond acceptors (Lipinski definition) is 1. The van der Waals surface area contributed by atoms with E-state index in [4.69, 9.17) is 11.6 Å². The minimum Gasteiger partial charge on any atom is -0.253 e. The van der Waals surface area contributed by atoms with Gasteiger partial charge in [-0.25, -0.2) is 0 Å². The molecule has 0 fully saturated rings. The van der Waals surface area contributed by atoms with Crippen LogP contribution in [0.15, 0.2) is 0 Å². The van der Waals surface area contributed by atoms with Gasteiger partial charge in [-0.05, 0) is 0 Å². The van der Waals surface area contributed by atoms with Crippen molar-refractivity contribution in [2.75, 3.05) is 11.6 Å². The lowest BCUT2D eigenvalue weighted by atomic mass is 9.98. The molecule has 1 atom stereocenters. The summed E-state index contributed by atoms with van der Waals surface area (Å²) in [6, 6.07) is 0. The maximum absolute atomic E-state index is 13.1. The monoisotopic (exact) mass is 430 g/mol. The molecule has 0 heterocycles. The zero-order chi connectivity index (χ0) is 20.0. The van der Waals surface area contributed by atoms with Crippen LogP contribution in [-0.4, -0.2) is 51.0 Å². The highest BCUT2D eigenvalue weighted by Gasteiger charge is 2.91. The molecule has 0 rings (SSSR count). The highest BCUT2D eigenvalue weighted by atomic mass is 35.5. The normalized spacial score (nSPS) is 17.1. The maximum atomic E-state index is 13.1. The Morgan fingerprint density at radius 2 is 0.958 bits per heavy atom. The van der Waals surface area contributed by atoms with Crippen LogP contribution in [0.3, 0.4) is 0 Å². The lowest BCUT2D eigenvalue weighted by Crippen LogP contribution is -2.70. The molecule has 0 saturated carbocycles. The average molecular weight is 431 g/mol. The fourth-order valence-corrected chi connectivity index (χ4v) is 2.33. The first-order chi connectivity index (χ1) is 10.2. The predicted molar refractivity (Wildman–Crippen MR) is 54.5 cm³/mol. The van der Waals surface area contributed by atoms with Crippen molar-refractivity contribution < 1.29 is 61.3 Å². The van der Waals surface area contributed by atoms with E-state index < -0.39 is 57.6 Å². The predicted octanol–water partition coefficient (Wildman–Crippen LogP) is 4.67. The molecule has 0 bridgehead atoms. The van der Waals surface area contributed by atoms with Gasteiger partial charge in [-0.1, -0.05) is 0 Å². The molecule has 0 aromatic heterocycles. The van der Waals surface area contributed by atoms with E-state index >= 15 is 0 Å². The highest BCUT2D eigenvalue weighted by Crippen LogP contribution is 2.60. The van der Waals surface area contributed by atoms with E-state index in [-0.39, 0.29) is 0 Å². The molecule has 1 nitrogen and oxygen atoms in total. The average Bonchev–Trinajstić information content (AvgIpc) is 2.36. The summed E-state index contributed by atoms with van der Waals surface area (Å²) in [5.74, 6) is -34.0. The summed E-state index contributed by atoms with van der Waals surface area (Å²) in [5.41, 5.74) is 0. The molecule has 0 N–H and O–H groups in total. The summed E-state index contributed by atoms with van der Waals surface area (Å²) in [7, 11) is -4.38. The molecule has 0 aromatic carbocycles. The van der Waals surface area contributed by atoms with Gasteiger partial charge in [0.15, 0.2) is 0 Å². The molecule has 0 aliphatic carbocycles. The van der Waals surface area contributed by atoms with Gasteiger partial charge >= 0.3 is 35.1 Å². The van der Waals surface area contributed by atoms with Gasteiger partial charge in [0.25, 0.3) is 0 Å². The quantitative estimate of drug-likeness (QED) is 0.424. The van der Waals surface area contributed by atoms with Gasteiger partial charge < -0.3 is 0 Å². The lowest BCUT2D eigenvalue weighted by molar-refractivity contribution is -0.433. The third-order valence-corrected chi connectivity index (χ3v) is 4.27. The summed E-state index contributed by atoms with van der Waals surface area (Å²) in [6.45, 7) is 0. The van der Waals surface area contributed by atoms with Crippen LogP contribution in [0.4, 0.5) is 57.1 Å². The molecule has 24 heavy (non-hydrogen) atoms. The first-order valence-electron chi connectivity index (χ1n) is 5.13. The number of halogens is 14. The Labute approximate surface area is 131 Å². The zero-order valence-corrected chi connectivity index (χ0v) is 12.1. The highest BCUT2D eigenvalue weighted by molar-refractivity contribution is 7.86. The van der Waals surface area contributed by atoms with Crippen LogP contribution < -0.4 is 0 Å². The van der Waals surface area contributed by atoms with E-state index in [1.54, 1.807) is 0 Å². The van der Waals surface area contributed by atoms with Gasteiger partial charge in [0.05, 0.1) is 10.8 Å². The second kappa shape index (κ2) is 6.36. The molecule has 146 valence electrons. The van der Waals surface area contributed by atoms with Gasteiger partial charge in [-0.2, -0.15) is 57.1 Å². The van der Waals surface area contributed by atoms with Crippen LogP contribution in [0.1, 0.15) is 0 Å². The Bertz CT molecular complexity index is 485. The molecular formula is C8H4ClF13OS. The van der Waals surface area contributed by atoms with Crippen molar-refractivity contribution in [2.45, 2.75) is 35.1 Å². The molecular weight excluding hydrogens is 427 g/mol. The van der Waals surface area contributed by atoms with E-state index in [0.29, 0.717) is 0 Å². The van der Waals surface area contributed by atoms with Crippen molar-refractivity contribution in [3.05, 3.63) is 0 Å². The van der Waals surface area contributed by atoms with E-state index in [0.717, 1.165) is 0 Å². The third-order valence-electron chi connectivity index (χ3n) is 2.45. The van der Waals surface area contributed by atoms with Crippen LogP contribution in [0.5, 0.6) is 0 Å². The molecule has 1 unspecified atom stereocenters. The van der Waals surface area contributed by atoms with Crippen molar-refractivity contribution in [1.82, 2.24) is 0 Å². The van der Waals surface area contributed by atoms with Crippen molar-refractivity contribution in [2.24, 2.45) is 0 Å². The first kappa shape index (κ1) is 23.5. The Balaban J connectivity index is 6.25. The number of alkyl halides is 14. The van der Waals surface area contributed by atoms with Crippen LogP contribution in [0.25, 0.3) is 0 Å². The fourth-order valence-electron chi connectivity index (χ4n) is 1.10. The summed E-state index contributed by atoms with van der Waals surface area (Å²) in [5, 5.41) is -6.59. The standard InChI is InChI=1S/C8H4ClF13OS/c9-1-2-24(23)8(21,22)6(16,17)4(12,13)3(10,11)5(14,15)7(18,19)20/h1-2H2. The fraction of sp³-hybridized carbons (Fsp3) is 1.00. The van der Waals surface area contributed by atoms with E-state index in [9.17, 15) is 61.3 Å². The maximum Gasteiger partial charge on any atom is 0.460 e. The van der Waals surface area contributed by atoms with E-state index in [1.165, 1.54) is 0 Å². The summed E-state index contributed by atoms with van der Waals surface area (Å²) in [4.78, 5) is 0. The molecule has 0 aliphatic rings. The topological polar surface area (TPSA) is 17.1 Å². The second-order valence-corrected chi connectivity index (χ2v) is 6.04. The molecule has 0 saturated heterocycles. The first-order valence-corrected chi connectivity index (χ1v) is 6.99. The summed E-state index contributed by atoms with van der Waals surface area (Å²) in [6.07, 6.45) is -7.47. The molecule has 0 aromatic rings. The van der Waals surface area contributed by atoms with Crippen LogP contribution in [-0.2, 0) is 10.8 Å². The zero-order valence-electron chi connectivity index (χ0n) is 10.5. The van der Waals surface area contributed by atoms with Gasteiger partial charge in [0.2, 0.25) is 0 Å². The third kappa shape index (κ3) is 3.17. The lowest BCUT2D eigenvalue weighted by Gasteiger charge is -2.39. The molecule has 0 amide bonds. The van der Waals surface area contributed by atoms with Gasteiger partial charge in [0.1, 0.15) is 0 Å². The van der Waals surface area contributed by atoms with Crippen molar-refractivity contribution in [1.29, 1.82) is 0 Å². The van der Waals surface area contributed by atoms with E-state index in [1.807, 2.05) is 0 Å². The summed E-state index contributed by atoms with van der Waals surface area (Å²) < 4.78 is 175. The molecule has 0 spiro atoms.